The monoisotopic (exact) mass is 263 g/mol. The number of hydrogen-bond donors (Lipinski definition) is 0. The number of ether oxygens (including phenoxy) is 1. The van der Waals surface area contributed by atoms with Gasteiger partial charge in [-0.2, -0.15) is 0 Å². The van der Waals surface area contributed by atoms with Crippen LogP contribution < -0.4 is 0 Å². The summed E-state index contributed by atoms with van der Waals surface area (Å²) in [7, 11) is 0. The van der Waals surface area contributed by atoms with Gasteiger partial charge < -0.3 is 9.15 Å². The Balaban J connectivity index is 1.94. The lowest BCUT2D eigenvalue weighted by Gasteiger charge is -2.25. The molecule has 19 heavy (non-hydrogen) atoms. The van der Waals surface area contributed by atoms with E-state index in [1.807, 2.05) is 13.0 Å². The lowest BCUT2D eigenvalue weighted by Crippen LogP contribution is -2.28. The molecule has 0 aliphatic carbocycles. The van der Waals surface area contributed by atoms with Gasteiger partial charge in [-0.25, -0.2) is 0 Å². The van der Waals surface area contributed by atoms with Crippen LogP contribution in [0.3, 0.4) is 0 Å². The van der Waals surface area contributed by atoms with Gasteiger partial charge in [0.2, 0.25) is 0 Å². The number of rotatable bonds is 6. The molecule has 4 nitrogen and oxygen atoms in total. The van der Waals surface area contributed by atoms with Gasteiger partial charge in [0.1, 0.15) is 5.76 Å². The molecular weight excluding hydrogens is 242 g/mol. The standard InChI is InChI=1S/C15H21NO3/c1-3-18-12(2)15(17)14-8-7-13(19-14)11-16-9-5-4-6-10-16/h7-8H,2-6,9-11H2,1H3. The second-order valence-corrected chi connectivity index (χ2v) is 4.79. The molecule has 0 aromatic carbocycles. The molecule has 0 atom stereocenters. The van der Waals surface area contributed by atoms with Crippen LogP contribution in [0.15, 0.2) is 28.9 Å². The molecule has 0 N–H and O–H groups in total. The predicted octanol–water partition coefficient (Wildman–Crippen LogP) is 3.00. The highest BCUT2D eigenvalue weighted by molar-refractivity contribution is 6.04. The molecule has 2 rings (SSSR count). The summed E-state index contributed by atoms with van der Waals surface area (Å²) in [6.45, 7) is 8.85. The molecule has 0 bridgehead atoms. The molecule has 2 heterocycles. The Morgan fingerprint density at radius 1 is 1.37 bits per heavy atom. The van der Waals surface area contributed by atoms with Gasteiger partial charge in [0.05, 0.1) is 13.2 Å². The fourth-order valence-corrected chi connectivity index (χ4v) is 2.30. The Labute approximate surface area is 114 Å². The minimum atomic E-state index is -0.272. The Kier molecular flexibility index (Phi) is 4.80. The largest absolute Gasteiger partial charge is 0.490 e. The van der Waals surface area contributed by atoms with Crippen LogP contribution in [0.2, 0.25) is 0 Å². The van der Waals surface area contributed by atoms with Crippen molar-refractivity contribution in [2.45, 2.75) is 32.7 Å². The summed E-state index contributed by atoms with van der Waals surface area (Å²) >= 11 is 0. The fraction of sp³-hybridized carbons (Fsp3) is 0.533. The average molecular weight is 263 g/mol. The Morgan fingerprint density at radius 3 is 2.79 bits per heavy atom. The summed E-state index contributed by atoms with van der Waals surface area (Å²) in [6, 6.07) is 3.56. The third-order valence-corrected chi connectivity index (χ3v) is 3.29. The summed E-state index contributed by atoms with van der Waals surface area (Å²) in [5, 5.41) is 0. The van der Waals surface area contributed by atoms with E-state index in [0.29, 0.717) is 12.4 Å². The van der Waals surface area contributed by atoms with Crippen LogP contribution in [0.4, 0.5) is 0 Å². The van der Waals surface area contributed by atoms with Gasteiger partial charge in [0, 0.05) is 0 Å². The summed E-state index contributed by atoms with van der Waals surface area (Å²) in [6.07, 6.45) is 3.80. The van der Waals surface area contributed by atoms with Crippen LogP contribution in [0.25, 0.3) is 0 Å². The lowest BCUT2D eigenvalue weighted by molar-refractivity contribution is 0.0898. The van der Waals surface area contributed by atoms with E-state index >= 15 is 0 Å². The Bertz CT molecular complexity index is 444. The third kappa shape index (κ3) is 3.70. The van der Waals surface area contributed by atoms with Crippen molar-refractivity contribution in [3.05, 3.63) is 36.0 Å². The molecule has 1 aliphatic rings. The smallest absolute Gasteiger partial charge is 0.261 e. The van der Waals surface area contributed by atoms with E-state index in [0.717, 1.165) is 25.4 Å². The number of ketones is 1. The Hall–Kier alpha value is -1.55. The minimum absolute atomic E-state index is 0.140. The van der Waals surface area contributed by atoms with Crippen molar-refractivity contribution in [2.24, 2.45) is 0 Å². The topological polar surface area (TPSA) is 42.7 Å². The van der Waals surface area contributed by atoms with Crippen LogP contribution in [-0.2, 0) is 11.3 Å². The van der Waals surface area contributed by atoms with Crippen LogP contribution in [0, 0.1) is 0 Å². The van der Waals surface area contributed by atoms with Gasteiger partial charge in [-0.15, -0.1) is 0 Å². The molecular formula is C15H21NO3. The number of furan rings is 1. The zero-order valence-electron chi connectivity index (χ0n) is 11.5. The minimum Gasteiger partial charge on any atom is -0.490 e. The summed E-state index contributed by atoms with van der Waals surface area (Å²) in [4.78, 5) is 14.3. The number of carbonyl (C=O) groups is 1. The molecule has 0 amide bonds. The van der Waals surface area contributed by atoms with Crippen LogP contribution in [-0.4, -0.2) is 30.4 Å². The first-order chi connectivity index (χ1) is 9.20. The first-order valence-electron chi connectivity index (χ1n) is 6.88. The van der Waals surface area contributed by atoms with E-state index < -0.39 is 0 Å². The highest BCUT2D eigenvalue weighted by Crippen LogP contribution is 2.17. The van der Waals surface area contributed by atoms with Gasteiger partial charge in [0.25, 0.3) is 5.78 Å². The molecule has 104 valence electrons. The first-order valence-corrected chi connectivity index (χ1v) is 6.88. The summed E-state index contributed by atoms with van der Waals surface area (Å²) < 4.78 is 10.7. The van der Waals surface area contributed by atoms with Gasteiger partial charge in [-0.3, -0.25) is 9.69 Å². The number of allylic oxidation sites excluding steroid dienone is 1. The SMILES string of the molecule is C=C(OCC)C(=O)c1ccc(CN2CCCCC2)o1. The molecule has 1 saturated heterocycles. The van der Waals surface area contributed by atoms with Crippen molar-refractivity contribution in [3.8, 4) is 0 Å². The van der Waals surface area contributed by atoms with Gasteiger partial charge in [-0.1, -0.05) is 13.0 Å². The normalized spacial score (nSPS) is 16.3. The molecule has 1 aliphatic heterocycles. The number of Topliss-reactive ketones (excluding diaryl/α,β-unsaturated/α-hetero) is 1. The predicted molar refractivity (Wildman–Crippen MR) is 72.9 cm³/mol. The Morgan fingerprint density at radius 2 is 2.11 bits per heavy atom. The lowest BCUT2D eigenvalue weighted by atomic mass is 10.1. The molecule has 1 aromatic heterocycles. The molecule has 0 radical (unpaired) electrons. The van der Waals surface area contributed by atoms with E-state index in [2.05, 4.69) is 11.5 Å². The molecule has 4 heteroatoms. The maximum atomic E-state index is 11.9. The number of carbonyl (C=O) groups excluding carboxylic acids is 1. The summed E-state index contributed by atoms with van der Waals surface area (Å²) in [5.41, 5.74) is 0. The quantitative estimate of drug-likeness (QED) is 0.449. The number of nitrogens with zero attached hydrogens (tertiary/aromatic N) is 1. The molecule has 0 saturated carbocycles. The maximum Gasteiger partial charge on any atom is 0.261 e. The molecule has 1 aromatic rings. The van der Waals surface area contributed by atoms with Gasteiger partial charge >= 0.3 is 0 Å². The second-order valence-electron chi connectivity index (χ2n) is 4.79. The molecule has 1 fully saturated rings. The van der Waals surface area contributed by atoms with Gasteiger partial charge in [-0.05, 0) is 45.0 Å². The van der Waals surface area contributed by atoms with Crippen molar-refractivity contribution in [3.63, 3.8) is 0 Å². The van der Waals surface area contributed by atoms with E-state index in [1.54, 1.807) is 6.07 Å². The van der Waals surface area contributed by atoms with Crippen molar-refractivity contribution in [1.82, 2.24) is 4.90 Å². The van der Waals surface area contributed by atoms with Crippen LogP contribution >= 0.6 is 0 Å². The zero-order chi connectivity index (χ0) is 13.7. The first kappa shape index (κ1) is 13.9. The second kappa shape index (κ2) is 6.57. The average Bonchev–Trinajstić information content (AvgIpc) is 2.88. The molecule has 0 unspecified atom stereocenters. The number of piperidine rings is 1. The highest BCUT2D eigenvalue weighted by Gasteiger charge is 2.17. The highest BCUT2D eigenvalue weighted by atomic mass is 16.5. The van der Waals surface area contributed by atoms with Crippen molar-refractivity contribution in [1.29, 1.82) is 0 Å². The van der Waals surface area contributed by atoms with E-state index in [9.17, 15) is 4.79 Å². The van der Waals surface area contributed by atoms with Crippen molar-refractivity contribution >= 4 is 5.78 Å². The number of likely N-dealkylation sites (tertiary alicyclic amines) is 1. The van der Waals surface area contributed by atoms with Crippen molar-refractivity contribution in [2.75, 3.05) is 19.7 Å². The van der Waals surface area contributed by atoms with E-state index in [1.165, 1.54) is 19.3 Å². The van der Waals surface area contributed by atoms with Gasteiger partial charge in [0.15, 0.2) is 11.5 Å². The van der Waals surface area contributed by atoms with Crippen LogP contribution in [0.5, 0.6) is 0 Å². The maximum absolute atomic E-state index is 11.9. The van der Waals surface area contributed by atoms with E-state index in [4.69, 9.17) is 9.15 Å². The zero-order valence-corrected chi connectivity index (χ0v) is 11.5. The third-order valence-electron chi connectivity index (χ3n) is 3.29. The number of hydrogen-bond acceptors (Lipinski definition) is 4. The van der Waals surface area contributed by atoms with Crippen LogP contribution in [0.1, 0.15) is 42.5 Å². The molecule has 0 spiro atoms. The summed E-state index contributed by atoms with van der Waals surface area (Å²) in [5.74, 6) is 1.01. The fourth-order valence-electron chi connectivity index (χ4n) is 2.30. The van der Waals surface area contributed by atoms with E-state index in [-0.39, 0.29) is 11.5 Å². The van der Waals surface area contributed by atoms with Crippen molar-refractivity contribution < 1.29 is 13.9 Å².